The predicted molar refractivity (Wildman–Crippen MR) is 196 cm³/mol. The van der Waals surface area contributed by atoms with E-state index < -0.39 is 8.32 Å². The lowest BCUT2D eigenvalue weighted by molar-refractivity contribution is -0.145. The molecule has 260 valence electrons. The Morgan fingerprint density at radius 2 is 0.935 bits per heavy atom. The molecule has 46 heavy (non-hydrogen) atoms. The zero-order valence-electron chi connectivity index (χ0n) is 29.9. The van der Waals surface area contributed by atoms with Crippen LogP contribution in [0.2, 0.25) is 5.04 Å². The van der Waals surface area contributed by atoms with Crippen LogP contribution in [0.25, 0.3) is 0 Å². The van der Waals surface area contributed by atoms with Gasteiger partial charge in [-0.25, -0.2) is 0 Å². The second-order valence-electron chi connectivity index (χ2n) is 13.7. The molecule has 0 saturated heterocycles. The highest BCUT2D eigenvalue weighted by Crippen LogP contribution is 2.36. The Kier molecular flexibility index (Phi) is 21.9. The molecule has 0 aromatic heterocycles. The second-order valence-corrected chi connectivity index (χ2v) is 18.0. The summed E-state index contributed by atoms with van der Waals surface area (Å²) < 4.78 is 23.6. The number of hydrogen-bond acceptors (Lipinski definition) is 5. The van der Waals surface area contributed by atoms with Gasteiger partial charge in [-0.2, -0.15) is 0 Å². The van der Waals surface area contributed by atoms with Crippen LogP contribution in [0.15, 0.2) is 60.7 Å². The van der Waals surface area contributed by atoms with Crippen LogP contribution in [-0.2, 0) is 23.4 Å². The molecule has 0 aliphatic carbocycles. The topological polar surface area (TPSA) is 54.0 Å². The van der Waals surface area contributed by atoms with Gasteiger partial charge >= 0.3 is 5.97 Å². The summed E-state index contributed by atoms with van der Waals surface area (Å²) in [7, 11) is -2.54. The van der Waals surface area contributed by atoms with Gasteiger partial charge in [0.05, 0.1) is 33.0 Å². The van der Waals surface area contributed by atoms with Crippen LogP contribution < -0.4 is 10.4 Å². The maximum atomic E-state index is 12.0. The molecule has 2 rings (SSSR count). The summed E-state index contributed by atoms with van der Waals surface area (Å²) in [5.74, 6) is -0.116. The minimum Gasteiger partial charge on any atom is -0.463 e. The summed E-state index contributed by atoms with van der Waals surface area (Å²) >= 11 is 0. The van der Waals surface area contributed by atoms with E-state index in [1.165, 1.54) is 93.8 Å². The average Bonchev–Trinajstić information content (AvgIpc) is 3.05. The highest BCUT2D eigenvalue weighted by atomic mass is 28.4. The van der Waals surface area contributed by atoms with Crippen molar-refractivity contribution in [2.75, 3.05) is 39.6 Å². The number of carbonyl (C=O) groups excluding carboxylic acids is 1. The van der Waals surface area contributed by atoms with Gasteiger partial charge in [-0.15, -0.1) is 0 Å². The first-order valence-electron chi connectivity index (χ1n) is 18.5. The lowest BCUT2D eigenvalue weighted by Crippen LogP contribution is -2.66. The molecule has 0 fully saturated rings. The van der Waals surface area contributed by atoms with Crippen LogP contribution >= 0.6 is 0 Å². The van der Waals surface area contributed by atoms with Crippen molar-refractivity contribution in [1.82, 2.24) is 0 Å². The smallest absolute Gasteiger partial charge is 0.305 e. The summed E-state index contributed by atoms with van der Waals surface area (Å²) in [5, 5.41) is 2.49. The first-order chi connectivity index (χ1) is 22.4. The predicted octanol–water partition coefficient (Wildman–Crippen LogP) is 9.40. The molecule has 0 atom stereocenters. The Morgan fingerprint density at radius 1 is 0.543 bits per heavy atom. The Bertz CT molecular complexity index is 952. The minimum absolute atomic E-state index is 0.0531. The molecule has 0 heterocycles. The molecule has 0 bridgehead atoms. The summed E-state index contributed by atoms with van der Waals surface area (Å²) in [4.78, 5) is 12.0. The maximum absolute atomic E-state index is 12.0. The number of benzene rings is 2. The van der Waals surface area contributed by atoms with E-state index in [1.54, 1.807) is 0 Å². The van der Waals surface area contributed by atoms with Crippen molar-refractivity contribution in [2.45, 2.75) is 135 Å². The zero-order valence-corrected chi connectivity index (χ0v) is 30.9. The molecule has 0 amide bonds. The number of esters is 1. The Labute approximate surface area is 283 Å². The van der Waals surface area contributed by atoms with Gasteiger partial charge in [0.2, 0.25) is 0 Å². The molecule has 0 saturated carbocycles. The minimum atomic E-state index is -2.54. The van der Waals surface area contributed by atoms with Gasteiger partial charge in [0.1, 0.15) is 6.61 Å². The number of rotatable bonds is 28. The largest absolute Gasteiger partial charge is 0.463 e. The van der Waals surface area contributed by atoms with E-state index >= 15 is 0 Å². The average molecular weight is 655 g/mol. The van der Waals surface area contributed by atoms with E-state index in [1.807, 2.05) is 0 Å². The maximum Gasteiger partial charge on any atom is 0.305 e. The summed E-state index contributed by atoms with van der Waals surface area (Å²) in [6, 6.07) is 21.3. The molecule has 0 aliphatic rings. The highest BCUT2D eigenvalue weighted by Gasteiger charge is 2.50. The molecule has 0 aliphatic heterocycles. The highest BCUT2D eigenvalue weighted by molar-refractivity contribution is 6.99. The van der Waals surface area contributed by atoms with E-state index in [-0.39, 0.29) is 11.0 Å². The van der Waals surface area contributed by atoms with E-state index in [0.717, 1.165) is 12.8 Å². The monoisotopic (exact) mass is 654 g/mol. The van der Waals surface area contributed by atoms with Crippen molar-refractivity contribution in [3.8, 4) is 0 Å². The van der Waals surface area contributed by atoms with E-state index in [9.17, 15) is 4.79 Å². The molecular weight excluding hydrogens is 589 g/mol. The van der Waals surface area contributed by atoms with E-state index in [0.29, 0.717) is 46.1 Å². The fraction of sp³-hybridized carbons (Fsp3) is 0.675. The fourth-order valence-corrected chi connectivity index (χ4v) is 10.8. The summed E-state index contributed by atoms with van der Waals surface area (Å²) in [6.07, 6.45) is 20.3. The first-order valence-corrected chi connectivity index (χ1v) is 20.4. The van der Waals surface area contributed by atoms with Gasteiger partial charge in [-0.05, 0) is 21.8 Å². The van der Waals surface area contributed by atoms with E-state index in [2.05, 4.69) is 88.4 Å². The number of carbonyl (C=O) groups is 1. The summed E-state index contributed by atoms with van der Waals surface area (Å²) in [5.41, 5.74) is 0. The normalized spacial score (nSPS) is 12.0. The standard InChI is InChI=1S/C40H66O5Si/c1-5-6-7-8-9-10-11-12-13-14-15-16-17-18-25-30-39(41)44-35-33-42-31-32-43-34-36-45-46(40(2,3)4,37-26-21-19-22-27-37)38-28-23-20-24-29-38/h19-24,26-29H,5-18,25,30-36H2,1-4H3. The molecule has 0 radical (unpaired) electrons. The molecular formula is C40H66O5Si. The lowest BCUT2D eigenvalue weighted by Gasteiger charge is -2.43. The number of ether oxygens (including phenoxy) is 3. The lowest BCUT2D eigenvalue weighted by atomic mass is 10.0. The SMILES string of the molecule is CCCCCCCCCCCCCCCCCC(=O)OCCOCCOCCO[Si](c1ccccc1)(c1ccccc1)C(C)(C)C. The molecule has 2 aromatic rings. The van der Waals surface area contributed by atoms with Gasteiger partial charge in [0.25, 0.3) is 8.32 Å². The van der Waals surface area contributed by atoms with Crippen LogP contribution in [0, 0.1) is 0 Å². The molecule has 0 N–H and O–H groups in total. The third-order valence-electron chi connectivity index (χ3n) is 8.81. The molecule has 2 aromatic carbocycles. The van der Waals surface area contributed by atoms with Crippen molar-refractivity contribution >= 4 is 24.7 Å². The van der Waals surface area contributed by atoms with Crippen LogP contribution in [0.4, 0.5) is 0 Å². The van der Waals surface area contributed by atoms with Crippen molar-refractivity contribution < 1.29 is 23.4 Å². The van der Waals surface area contributed by atoms with Crippen LogP contribution in [0.1, 0.15) is 130 Å². The molecule has 0 spiro atoms. The van der Waals surface area contributed by atoms with Crippen molar-refractivity contribution in [3.63, 3.8) is 0 Å². The first kappa shape index (κ1) is 40.2. The molecule has 5 nitrogen and oxygen atoms in total. The zero-order chi connectivity index (χ0) is 33.2. The number of hydrogen-bond donors (Lipinski definition) is 0. The van der Waals surface area contributed by atoms with Gasteiger partial charge in [0, 0.05) is 6.42 Å². The van der Waals surface area contributed by atoms with Gasteiger partial charge in [-0.1, -0.05) is 178 Å². The third kappa shape index (κ3) is 16.2. The molecule has 0 unspecified atom stereocenters. The van der Waals surface area contributed by atoms with Crippen LogP contribution in [-0.4, -0.2) is 53.9 Å². The van der Waals surface area contributed by atoms with Crippen molar-refractivity contribution in [3.05, 3.63) is 60.7 Å². The third-order valence-corrected chi connectivity index (χ3v) is 13.9. The van der Waals surface area contributed by atoms with Gasteiger partial charge in [0.15, 0.2) is 0 Å². The second kappa shape index (κ2) is 25.1. The van der Waals surface area contributed by atoms with Crippen molar-refractivity contribution in [1.29, 1.82) is 0 Å². The van der Waals surface area contributed by atoms with Gasteiger partial charge in [-0.3, -0.25) is 4.79 Å². The molecule has 6 heteroatoms. The Hall–Kier alpha value is -1.99. The number of unbranched alkanes of at least 4 members (excludes halogenated alkanes) is 14. The van der Waals surface area contributed by atoms with Crippen LogP contribution in [0.3, 0.4) is 0 Å². The fourth-order valence-electron chi connectivity index (χ4n) is 6.26. The Balaban J connectivity index is 1.46. The van der Waals surface area contributed by atoms with Gasteiger partial charge < -0.3 is 18.6 Å². The van der Waals surface area contributed by atoms with Crippen molar-refractivity contribution in [2.24, 2.45) is 0 Å². The summed E-state index contributed by atoms with van der Waals surface area (Å²) in [6.45, 7) is 11.8. The van der Waals surface area contributed by atoms with E-state index in [4.69, 9.17) is 18.6 Å². The van der Waals surface area contributed by atoms with Crippen LogP contribution in [0.5, 0.6) is 0 Å². The quantitative estimate of drug-likeness (QED) is 0.0520. The Morgan fingerprint density at radius 3 is 1.37 bits per heavy atom.